The maximum absolute atomic E-state index is 12.3. The highest BCUT2D eigenvalue weighted by atomic mass is 32.2. The van der Waals surface area contributed by atoms with E-state index in [4.69, 9.17) is 15.6 Å². The van der Waals surface area contributed by atoms with Crippen molar-refractivity contribution in [1.82, 2.24) is 4.57 Å². The molecule has 1 aliphatic carbocycles. The third kappa shape index (κ3) is 3.76. The summed E-state index contributed by atoms with van der Waals surface area (Å²) in [5, 5.41) is 9.68. The van der Waals surface area contributed by atoms with Gasteiger partial charge in [0.1, 0.15) is 5.75 Å². The van der Waals surface area contributed by atoms with Crippen molar-refractivity contribution in [1.29, 1.82) is 0 Å². The quantitative estimate of drug-likeness (QED) is 0.576. The van der Waals surface area contributed by atoms with E-state index in [9.17, 15) is 18.0 Å². The number of fused-ring (bicyclic) bond motifs is 3. The summed E-state index contributed by atoms with van der Waals surface area (Å²) in [4.78, 5) is 23.4. The number of primary amides is 1. The maximum atomic E-state index is 12.3. The van der Waals surface area contributed by atoms with Gasteiger partial charge in [0.15, 0.2) is 16.4 Å². The molecule has 0 radical (unpaired) electrons. The van der Waals surface area contributed by atoms with Gasteiger partial charge in [-0.25, -0.2) is 13.2 Å². The first kappa shape index (κ1) is 20.9. The second-order valence-corrected chi connectivity index (χ2v) is 9.64. The number of hydrogen-bond acceptors (Lipinski definition) is 5. The Morgan fingerprint density at radius 2 is 1.94 bits per heavy atom. The van der Waals surface area contributed by atoms with Gasteiger partial charge in [0.25, 0.3) is 0 Å². The van der Waals surface area contributed by atoms with E-state index in [0.29, 0.717) is 29.5 Å². The summed E-state index contributed by atoms with van der Waals surface area (Å²) >= 11 is 0. The molecule has 3 aromatic rings. The normalized spacial score (nSPS) is 15.7. The molecule has 0 bridgehead atoms. The van der Waals surface area contributed by atoms with Gasteiger partial charge < -0.3 is 20.1 Å². The van der Waals surface area contributed by atoms with Gasteiger partial charge in [-0.05, 0) is 42.2 Å². The highest BCUT2D eigenvalue weighted by Crippen LogP contribution is 2.44. The monoisotopic (exact) mass is 442 g/mol. The number of sulfone groups is 1. The first-order valence-electron chi connectivity index (χ1n) is 9.74. The molecule has 31 heavy (non-hydrogen) atoms. The second-order valence-electron chi connectivity index (χ2n) is 7.65. The second kappa shape index (κ2) is 7.73. The number of aliphatic carboxylic acids is 1. The molecule has 1 aliphatic rings. The molecule has 162 valence electrons. The summed E-state index contributed by atoms with van der Waals surface area (Å²) in [7, 11) is -3.43. The Morgan fingerprint density at radius 1 is 1.19 bits per heavy atom. The molecule has 8 nitrogen and oxygen atoms in total. The lowest BCUT2D eigenvalue weighted by molar-refractivity contribution is -0.139. The molecule has 1 amide bonds. The van der Waals surface area contributed by atoms with E-state index in [1.807, 2.05) is 10.6 Å². The lowest BCUT2D eigenvalue weighted by atomic mass is 9.99. The van der Waals surface area contributed by atoms with Gasteiger partial charge in [-0.1, -0.05) is 24.3 Å². The van der Waals surface area contributed by atoms with Crippen LogP contribution in [0.5, 0.6) is 5.75 Å². The number of nitrogens with two attached hydrogens (primary N) is 1. The van der Waals surface area contributed by atoms with Gasteiger partial charge in [-0.3, -0.25) is 4.79 Å². The molecule has 1 aromatic heterocycles. The highest BCUT2D eigenvalue weighted by Gasteiger charge is 2.34. The van der Waals surface area contributed by atoms with Crippen LogP contribution in [-0.4, -0.2) is 42.8 Å². The van der Waals surface area contributed by atoms with Crippen molar-refractivity contribution in [3.8, 4) is 5.75 Å². The van der Waals surface area contributed by atoms with Crippen LogP contribution in [0.25, 0.3) is 10.9 Å². The van der Waals surface area contributed by atoms with Crippen LogP contribution in [0, 0.1) is 0 Å². The molecule has 1 heterocycles. The van der Waals surface area contributed by atoms with E-state index in [0.717, 1.165) is 16.8 Å². The first-order valence-corrected chi connectivity index (χ1v) is 11.6. The fourth-order valence-corrected chi connectivity index (χ4v) is 5.35. The molecule has 0 fully saturated rings. The highest BCUT2D eigenvalue weighted by molar-refractivity contribution is 7.90. The van der Waals surface area contributed by atoms with Crippen molar-refractivity contribution in [2.75, 3.05) is 12.9 Å². The minimum Gasteiger partial charge on any atom is -0.481 e. The Balaban J connectivity index is 1.93. The fourth-order valence-electron chi connectivity index (χ4n) is 4.41. The van der Waals surface area contributed by atoms with Crippen LogP contribution < -0.4 is 10.5 Å². The zero-order chi connectivity index (χ0) is 22.3. The first-order chi connectivity index (χ1) is 14.7. The Kier molecular flexibility index (Phi) is 5.22. The number of carbonyl (C=O) groups is 2. The topological polar surface area (TPSA) is 129 Å². The Bertz CT molecular complexity index is 1310. The Labute approximate surface area is 179 Å². The Hall–Kier alpha value is -3.33. The molecule has 0 spiro atoms. The van der Waals surface area contributed by atoms with E-state index in [1.165, 1.54) is 6.26 Å². The van der Waals surface area contributed by atoms with E-state index < -0.39 is 34.2 Å². The molecule has 3 N–H and O–H groups in total. The largest absolute Gasteiger partial charge is 0.481 e. The summed E-state index contributed by atoms with van der Waals surface area (Å²) in [5.41, 5.74) is 8.64. The van der Waals surface area contributed by atoms with Crippen molar-refractivity contribution in [3.05, 3.63) is 59.3 Å². The van der Waals surface area contributed by atoms with Crippen molar-refractivity contribution in [3.63, 3.8) is 0 Å². The van der Waals surface area contributed by atoms with E-state index in [2.05, 4.69) is 0 Å². The van der Waals surface area contributed by atoms with Crippen molar-refractivity contribution >= 4 is 32.6 Å². The number of ether oxygens (including phenoxy) is 1. The van der Waals surface area contributed by atoms with Crippen LogP contribution in [0.15, 0.2) is 47.4 Å². The molecule has 1 atom stereocenters. The van der Waals surface area contributed by atoms with Crippen molar-refractivity contribution in [2.24, 2.45) is 5.73 Å². The summed E-state index contributed by atoms with van der Waals surface area (Å²) in [6, 6.07) is 12.1. The lowest BCUT2D eigenvalue weighted by Crippen LogP contribution is -2.19. The fraction of sp³-hybridized carbons (Fsp3) is 0.273. The lowest BCUT2D eigenvalue weighted by Gasteiger charge is -2.13. The number of nitrogens with zero attached hydrogens (tertiary/aromatic N) is 1. The number of amides is 1. The predicted molar refractivity (Wildman–Crippen MR) is 114 cm³/mol. The number of rotatable bonds is 7. The summed E-state index contributed by atoms with van der Waals surface area (Å²) in [5.74, 6) is -1.72. The van der Waals surface area contributed by atoms with Crippen LogP contribution >= 0.6 is 0 Å². The minimum atomic E-state index is -3.43. The van der Waals surface area contributed by atoms with Crippen molar-refractivity contribution < 1.29 is 27.9 Å². The van der Waals surface area contributed by atoms with Gasteiger partial charge >= 0.3 is 5.97 Å². The van der Waals surface area contributed by atoms with Crippen LogP contribution in [0.1, 0.15) is 29.2 Å². The molecular weight excluding hydrogens is 420 g/mol. The molecule has 2 aromatic carbocycles. The zero-order valence-electron chi connectivity index (χ0n) is 16.9. The summed E-state index contributed by atoms with van der Waals surface area (Å²) < 4.78 is 32.0. The number of carboxylic acids is 1. The SMILES string of the molecule is CS(=O)(=O)c1ccccc1Cn1c2c(c3c(OCC(=O)O)cccc31)C(C(N)=O)CC2. The molecule has 0 aliphatic heterocycles. The summed E-state index contributed by atoms with van der Waals surface area (Å²) in [6.07, 6.45) is 2.30. The zero-order valence-corrected chi connectivity index (χ0v) is 17.7. The average molecular weight is 442 g/mol. The predicted octanol–water partition coefficient (Wildman–Crippen LogP) is 2.07. The average Bonchev–Trinajstić information content (AvgIpc) is 3.26. The third-order valence-electron chi connectivity index (χ3n) is 5.61. The minimum absolute atomic E-state index is 0.244. The van der Waals surface area contributed by atoms with Gasteiger partial charge in [-0.2, -0.15) is 0 Å². The maximum Gasteiger partial charge on any atom is 0.341 e. The van der Waals surface area contributed by atoms with Crippen molar-refractivity contribution in [2.45, 2.75) is 30.2 Å². The molecule has 0 saturated heterocycles. The van der Waals surface area contributed by atoms with Crippen LogP contribution in [0.4, 0.5) is 0 Å². The molecule has 0 saturated carbocycles. The summed E-state index contributed by atoms with van der Waals surface area (Å²) in [6.45, 7) is -0.236. The number of hydrogen-bond donors (Lipinski definition) is 2. The molecular formula is C22H22N2O6S. The van der Waals surface area contributed by atoms with E-state index in [1.54, 1.807) is 36.4 Å². The van der Waals surface area contributed by atoms with Gasteiger partial charge in [0, 0.05) is 23.9 Å². The Morgan fingerprint density at radius 3 is 2.61 bits per heavy atom. The van der Waals surface area contributed by atoms with E-state index in [-0.39, 0.29) is 11.4 Å². The van der Waals surface area contributed by atoms with Gasteiger partial charge in [0.2, 0.25) is 5.91 Å². The number of benzene rings is 2. The third-order valence-corrected chi connectivity index (χ3v) is 6.81. The molecule has 1 unspecified atom stereocenters. The van der Waals surface area contributed by atoms with Crippen LogP contribution in [-0.2, 0) is 32.4 Å². The van der Waals surface area contributed by atoms with Crippen LogP contribution in [0.2, 0.25) is 0 Å². The molecule has 9 heteroatoms. The van der Waals surface area contributed by atoms with Gasteiger partial charge in [-0.15, -0.1) is 0 Å². The smallest absolute Gasteiger partial charge is 0.341 e. The number of carboxylic acid groups (broad SMARTS) is 1. The van der Waals surface area contributed by atoms with Crippen LogP contribution in [0.3, 0.4) is 0 Å². The number of aromatic nitrogens is 1. The standard InChI is InChI=1S/C22H22N2O6S/c1-31(28,29)18-8-3-2-5-13(18)11-24-15-6-4-7-17(30-12-19(25)26)21(15)20-14(22(23)27)9-10-16(20)24/h2-8,14H,9-12H2,1H3,(H2,23,27)(H,25,26). The number of carbonyl (C=O) groups excluding carboxylic acids is 1. The van der Waals surface area contributed by atoms with Gasteiger partial charge in [0.05, 0.1) is 16.3 Å². The van der Waals surface area contributed by atoms with E-state index >= 15 is 0 Å². The molecule has 4 rings (SSSR count).